The minimum atomic E-state index is 0. The molecular formula is C17H30Cl2N2O2. The first-order valence-corrected chi connectivity index (χ1v) is 8.08. The summed E-state index contributed by atoms with van der Waals surface area (Å²) in [6.45, 7) is 6.52. The number of benzene rings is 1. The molecule has 1 aliphatic heterocycles. The van der Waals surface area contributed by atoms with Crippen LogP contribution in [0.5, 0.6) is 11.5 Å². The summed E-state index contributed by atoms with van der Waals surface area (Å²) >= 11 is 0. The highest BCUT2D eigenvalue weighted by Crippen LogP contribution is 2.33. The van der Waals surface area contributed by atoms with Gasteiger partial charge in [0.05, 0.1) is 7.11 Å². The Balaban J connectivity index is 0.00000242. The third-order valence-corrected chi connectivity index (χ3v) is 4.26. The Hall–Kier alpha value is -0.680. The van der Waals surface area contributed by atoms with Crippen LogP contribution in [0.2, 0.25) is 0 Å². The van der Waals surface area contributed by atoms with Crippen LogP contribution < -0.4 is 10.1 Å². The smallest absolute Gasteiger partial charge is 0.160 e. The fourth-order valence-corrected chi connectivity index (χ4v) is 3.04. The number of methoxy groups -OCH3 is 1. The number of phenolic OH excluding ortho intramolecular Hbond substituents is 1. The number of halogens is 2. The first kappa shape index (κ1) is 22.3. The summed E-state index contributed by atoms with van der Waals surface area (Å²) in [6.07, 6.45) is 4.93. The molecule has 1 heterocycles. The van der Waals surface area contributed by atoms with E-state index in [1.807, 2.05) is 12.1 Å². The number of ether oxygens (including phenoxy) is 1. The second kappa shape index (κ2) is 11.8. The van der Waals surface area contributed by atoms with Crippen molar-refractivity contribution in [2.75, 3.05) is 33.3 Å². The second-order valence-electron chi connectivity index (χ2n) is 5.73. The van der Waals surface area contributed by atoms with Gasteiger partial charge < -0.3 is 15.2 Å². The largest absolute Gasteiger partial charge is 0.504 e. The number of phenols is 1. The zero-order chi connectivity index (χ0) is 15.1. The van der Waals surface area contributed by atoms with E-state index in [1.54, 1.807) is 13.2 Å². The Morgan fingerprint density at radius 1 is 1.22 bits per heavy atom. The van der Waals surface area contributed by atoms with Crippen LogP contribution in [0, 0.1) is 0 Å². The molecule has 4 nitrogen and oxygen atoms in total. The molecule has 134 valence electrons. The average Bonchev–Trinajstić information content (AvgIpc) is 2.53. The Morgan fingerprint density at radius 2 is 1.91 bits per heavy atom. The van der Waals surface area contributed by atoms with Gasteiger partial charge in [0.1, 0.15) is 0 Å². The molecule has 1 fully saturated rings. The van der Waals surface area contributed by atoms with Crippen molar-refractivity contribution in [3.05, 3.63) is 23.8 Å². The van der Waals surface area contributed by atoms with Gasteiger partial charge in [-0.3, -0.25) is 4.90 Å². The first-order valence-electron chi connectivity index (χ1n) is 8.08. The number of rotatable bonds is 7. The van der Waals surface area contributed by atoms with Gasteiger partial charge in [0.2, 0.25) is 0 Å². The van der Waals surface area contributed by atoms with Gasteiger partial charge in [-0.15, -0.1) is 24.8 Å². The van der Waals surface area contributed by atoms with E-state index in [1.165, 1.54) is 31.2 Å². The standard InChI is InChI=1S/C17H28N2O2.2ClH/c1-3-4-5-6-15(19-11-9-18-10-12-19)14-7-8-16(20)17(13-14)21-2;;/h7-8,13,15,18,20H,3-6,9-12H2,1-2H3;2*1H/t15-;;/m1../s1. The van der Waals surface area contributed by atoms with E-state index in [0.717, 1.165) is 26.2 Å². The maximum atomic E-state index is 9.79. The highest BCUT2D eigenvalue weighted by Gasteiger charge is 2.22. The normalized spacial score (nSPS) is 16.1. The lowest BCUT2D eigenvalue weighted by Crippen LogP contribution is -2.45. The molecule has 0 aromatic heterocycles. The molecular weight excluding hydrogens is 335 g/mol. The van der Waals surface area contributed by atoms with E-state index in [0.29, 0.717) is 11.8 Å². The molecule has 0 saturated carbocycles. The molecule has 0 aliphatic carbocycles. The van der Waals surface area contributed by atoms with E-state index in [9.17, 15) is 5.11 Å². The van der Waals surface area contributed by atoms with Crippen LogP contribution in [-0.4, -0.2) is 43.3 Å². The predicted octanol–water partition coefficient (Wildman–Crippen LogP) is 3.77. The number of hydrogen-bond donors (Lipinski definition) is 2. The van der Waals surface area contributed by atoms with E-state index in [2.05, 4.69) is 17.1 Å². The lowest BCUT2D eigenvalue weighted by Gasteiger charge is -2.35. The number of aromatic hydroxyl groups is 1. The number of unbranched alkanes of at least 4 members (excludes halogenated alkanes) is 2. The highest BCUT2D eigenvalue weighted by atomic mass is 35.5. The van der Waals surface area contributed by atoms with Crippen LogP contribution in [0.25, 0.3) is 0 Å². The van der Waals surface area contributed by atoms with Crippen molar-refractivity contribution in [1.82, 2.24) is 10.2 Å². The molecule has 6 heteroatoms. The molecule has 0 amide bonds. The lowest BCUT2D eigenvalue weighted by atomic mass is 9.97. The van der Waals surface area contributed by atoms with Crippen molar-refractivity contribution in [2.24, 2.45) is 0 Å². The lowest BCUT2D eigenvalue weighted by molar-refractivity contribution is 0.162. The molecule has 2 rings (SSSR count). The fraction of sp³-hybridized carbons (Fsp3) is 0.647. The summed E-state index contributed by atoms with van der Waals surface area (Å²) in [5, 5.41) is 13.2. The van der Waals surface area contributed by atoms with Crippen molar-refractivity contribution >= 4 is 24.8 Å². The summed E-state index contributed by atoms with van der Waals surface area (Å²) < 4.78 is 5.27. The number of piperazine rings is 1. The monoisotopic (exact) mass is 364 g/mol. The molecule has 0 spiro atoms. The van der Waals surface area contributed by atoms with Gasteiger partial charge in [-0.2, -0.15) is 0 Å². The van der Waals surface area contributed by atoms with E-state index >= 15 is 0 Å². The van der Waals surface area contributed by atoms with Crippen LogP contribution in [-0.2, 0) is 0 Å². The molecule has 0 bridgehead atoms. The molecule has 23 heavy (non-hydrogen) atoms. The van der Waals surface area contributed by atoms with Gasteiger partial charge in [0.15, 0.2) is 11.5 Å². The topological polar surface area (TPSA) is 44.7 Å². The molecule has 0 radical (unpaired) electrons. The molecule has 1 aromatic carbocycles. The average molecular weight is 365 g/mol. The third kappa shape index (κ3) is 6.38. The molecule has 1 aromatic rings. The Bertz CT molecular complexity index is 441. The maximum Gasteiger partial charge on any atom is 0.160 e. The quantitative estimate of drug-likeness (QED) is 0.722. The third-order valence-electron chi connectivity index (χ3n) is 4.26. The van der Waals surface area contributed by atoms with Gasteiger partial charge in [-0.1, -0.05) is 32.3 Å². The summed E-state index contributed by atoms with van der Waals surface area (Å²) in [7, 11) is 1.61. The zero-order valence-electron chi connectivity index (χ0n) is 14.1. The van der Waals surface area contributed by atoms with Crippen LogP contribution in [0.1, 0.15) is 44.2 Å². The number of nitrogens with one attached hydrogen (secondary N) is 1. The van der Waals surface area contributed by atoms with E-state index < -0.39 is 0 Å². The minimum Gasteiger partial charge on any atom is -0.504 e. The minimum absolute atomic E-state index is 0. The second-order valence-corrected chi connectivity index (χ2v) is 5.73. The predicted molar refractivity (Wildman–Crippen MR) is 100 cm³/mol. The Morgan fingerprint density at radius 3 is 2.52 bits per heavy atom. The molecule has 0 unspecified atom stereocenters. The SMILES string of the molecule is CCCCC[C@H](c1ccc(O)c(OC)c1)N1CCNCC1.Cl.Cl. The van der Waals surface area contributed by atoms with Crippen LogP contribution in [0.15, 0.2) is 18.2 Å². The van der Waals surface area contributed by atoms with Gasteiger partial charge in [-0.25, -0.2) is 0 Å². The summed E-state index contributed by atoms with van der Waals surface area (Å²) in [4.78, 5) is 2.55. The molecule has 1 atom stereocenters. The van der Waals surface area contributed by atoms with Crippen molar-refractivity contribution in [2.45, 2.75) is 38.6 Å². The van der Waals surface area contributed by atoms with E-state index in [-0.39, 0.29) is 30.6 Å². The van der Waals surface area contributed by atoms with Crippen molar-refractivity contribution in [3.8, 4) is 11.5 Å². The highest BCUT2D eigenvalue weighted by molar-refractivity contribution is 5.85. The Kier molecular flexibility index (Phi) is 11.4. The van der Waals surface area contributed by atoms with Gasteiger partial charge in [-0.05, 0) is 24.1 Å². The summed E-state index contributed by atoms with van der Waals surface area (Å²) in [5.41, 5.74) is 1.25. The van der Waals surface area contributed by atoms with Crippen molar-refractivity contribution < 1.29 is 9.84 Å². The van der Waals surface area contributed by atoms with Gasteiger partial charge in [0.25, 0.3) is 0 Å². The van der Waals surface area contributed by atoms with Crippen molar-refractivity contribution in [1.29, 1.82) is 0 Å². The van der Waals surface area contributed by atoms with Crippen LogP contribution >= 0.6 is 24.8 Å². The van der Waals surface area contributed by atoms with Crippen molar-refractivity contribution in [3.63, 3.8) is 0 Å². The Labute approximate surface area is 152 Å². The van der Waals surface area contributed by atoms with Crippen LogP contribution in [0.3, 0.4) is 0 Å². The number of nitrogens with zero attached hydrogens (tertiary/aromatic N) is 1. The maximum absolute atomic E-state index is 9.79. The number of hydrogen-bond acceptors (Lipinski definition) is 4. The van der Waals surface area contributed by atoms with E-state index in [4.69, 9.17) is 4.74 Å². The fourth-order valence-electron chi connectivity index (χ4n) is 3.04. The molecule has 1 aliphatic rings. The zero-order valence-corrected chi connectivity index (χ0v) is 15.7. The first-order chi connectivity index (χ1) is 10.3. The molecule has 2 N–H and O–H groups in total. The van der Waals surface area contributed by atoms with Crippen LogP contribution in [0.4, 0.5) is 0 Å². The molecule has 1 saturated heterocycles. The van der Waals surface area contributed by atoms with Gasteiger partial charge >= 0.3 is 0 Å². The summed E-state index contributed by atoms with van der Waals surface area (Å²) in [6, 6.07) is 6.21. The van der Waals surface area contributed by atoms with Gasteiger partial charge in [0, 0.05) is 32.2 Å². The summed E-state index contributed by atoms with van der Waals surface area (Å²) in [5.74, 6) is 0.789.